The standard InChI is InChI=1S/C11H24S/c1-8(2)10(7-12)11(5,6)9(3)4/h8-10,12H,7H2,1-6H3. The Morgan fingerprint density at radius 3 is 1.58 bits per heavy atom. The molecule has 0 aromatic heterocycles. The highest BCUT2D eigenvalue weighted by Gasteiger charge is 2.33. The van der Waals surface area contributed by atoms with Crippen LogP contribution in [0.1, 0.15) is 41.5 Å². The van der Waals surface area contributed by atoms with Crippen molar-refractivity contribution >= 4 is 12.6 Å². The molecule has 0 nitrogen and oxygen atoms in total. The fraction of sp³-hybridized carbons (Fsp3) is 1.00. The van der Waals surface area contributed by atoms with Crippen molar-refractivity contribution in [3.63, 3.8) is 0 Å². The Labute approximate surface area is 83.5 Å². The quantitative estimate of drug-likeness (QED) is 0.636. The van der Waals surface area contributed by atoms with Crippen LogP contribution in [-0.4, -0.2) is 5.75 Å². The summed E-state index contributed by atoms with van der Waals surface area (Å²) in [7, 11) is 0. The number of hydrogen-bond donors (Lipinski definition) is 1. The second kappa shape index (κ2) is 4.55. The lowest BCUT2D eigenvalue weighted by Crippen LogP contribution is -2.34. The third-order valence-electron chi connectivity index (χ3n) is 3.45. The summed E-state index contributed by atoms with van der Waals surface area (Å²) in [6.45, 7) is 13.9. The molecular weight excluding hydrogens is 164 g/mol. The lowest BCUT2D eigenvalue weighted by molar-refractivity contribution is 0.117. The molecule has 74 valence electrons. The van der Waals surface area contributed by atoms with Gasteiger partial charge in [-0.2, -0.15) is 12.6 Å². The molecule has 0 aliphatic heterocycles. The highest BCUT2D eigenvalue weighted by atomic mass is 32.1. The van der Waals surface area contributed by atoms with Gasteiger partial charge in [-0.3, -0.25) is 0 Å². The molecule has 0 saturated heterocycles. The average molecular weight is 188 g/mol. The topological polar surface area (TPSA) is 0 Å². The first-order chi connectivity index (χ1) is 5.34. The maximum Gasteiger partial charge on any atom is -0.00619 e. The van der Waals surface area contributed by atoms with Crippen molar-refractivity contribution in [1.82, 2.24) is 0 Å². The molecule has 0 amide bonds. The van der Waals surface area contributed by atoms with E-state index < -0.39 is 0 Å². The zero-order chi connectivity index (χ0) is 9.94. The Bertz CT molecular complexity index is 125. The lowest BCUT2D eigenvalue weighted by atomic mass is 9.67. The minimum absolute atomic E-state index is 0.413. The van der Waals surface area contributed by atoms with Crippen molar-refractivity contribution in [1.29, 1.82) is 0 Å². The Morgan fingerprint density at radius 1 is 1.08 bits per heavy atom. The maximum atomic E-state index is 4.44. The molecule has 0 aliphatic rings. The van der Waals surface area contributed by atoms with E-state index in [0.29, 0.717) is 5.41 Å². The van der Waals surface area contributed by atoms with Crippen LogP contribution in [0.5, 0.6) is 0 Å². The summed E-state index contributed by atoms with van der Waals surface area (Å²) < 4.78 is 0. The molecule has 0 aromatic carbocycles. The van der Waals surface area contributed by atoms with Crippen LogP contribution in [0.3, 0.4) is 0 Å². The largest absolute Gasteiger partial charge is 0.179 e. The predicted molar refractivity (Wildman–Crippen MR) is 60.8 cm³/mol. The predicted octanol–water partition coefficient (Wildman–Crippen LogP) is 3.87. The van der Waals surface area contributed by atoms with E-state index in [1.165, 1.54) is 0 Å². The van der Waals surface area contributed by atoms with Gasteiger partial charge < -0.3 is 0 Å². The van der Waals surface area contributed by atoms with E-state index in [1.807, 2.05) is 0 Å². The highest BCUT2D eigenvalue weighted by molar-refractivity contribution is 7.80. The Balaban J connectivity index is 4.47. The molecule has 0 aliphatic carbocycles. The molecule has 0 radical (unpaired) electrons. The summed E-state index contributed by atoms with van der Waals surface area (Å²) in [6, 6.07) is 0. The van der Waals surface area contributed by atoms with Gasteiger partial charge in [0.25, 0.3) is 0 Å². The van der Waals surface area contributed by atoms with E-state index in [-0.39, 0.29) is 0 Å². The van der Waals surface area contributed by atoms with Crippen molar-refractivity contribution in [2.75, 3.05) is 5.75 Å². The van der Waals surface area contributed by atoms with Gasteiger partial charge >= 0.3 is 0 Å². The van der Waals surface area contributed by atoms with E-state index in [9.17, 15) is 0 Å². The molecule has 0 fully saturated rings. The molecule has 0 N–H and O–H groups in total. The third kappa shape index (κ3) is 2.69. The molecule has 0 rings (SSSR count). The molecule has 12 heavy (non-hydrogen) atoms. The van der Waals surface area contributed by atoms with Crippen LogP contribution in [-0.2, 0) is 0 Å². The van der Waals surface area contributed by atoms with Crippen molar-refractivity contribution in [2.45, 2.75) is 41.5 Å². The first-order valence-electron chi connectivity index (χ1n) is 4.94. The summed E-state index contributed by atoms with van der Waals surface area (Å²) in [4.78, 5) is 0. The fourth-order valence-electron chi connectivity index (χ4n) is 1.73. The third-order valence-corrected chi connectivity index (χ3v) is 3.84. The molecule has 0 aromatic rings. The first-order valence-corrected chi connectivity index (χ1v) is 5.58. The smallest absolute Gasteiger partial charge is 0.00619 e. The van der Waals surface area contributed by atoms with Crippen LogP contribution in [0.15, 0.2) is 0 Å². The van der Waals surface area contributed by atoms with Crippen molar-refractivity contribution in [2.24, 2.45) is 23.2 Å². The molecule has 0 bridgehead atoms. The Kier molecular flexibility index (Phi) is 4.68. The molecule has 0 heterocycles. The second-order valence-electron chi connectivity index (χ2n) is 5.01. The van der Waals surface area contributed by atoms with Gasteiger partial charge in [0.2, 0.25) is 0 Å². The molecule has 1 atom stereocenters. The van der Waals surface area contributed by atoms with Crippen molar-refractivity contribution < 1.29 is 0 Å². The number of thiol groups is 1. The van der Waals surface area contributed by atoms with E-state index >= 15 is 0 Å². The Morgan fingerprint density at radius 2 is 1.50 bits per heavy atom. The normalized spacial score (nSPS) is 15.8. The first kappa shape index (κ1) is 12.3. The van der Waals surface area contributed by atoms with Gasteiger partial charge in [-0.25, -0.2) is 0 Å². The van der Waals surface area contributed by atoms with Crippen LogP contribution < -0.4 is 0 Å². The highest BCUT2D eigenvalue weighted by Crippen LogP contribution is 2.39. The second-order valence-corrected chi connectivity index (χ2v) is 5.37. The monoisotopic (exact) mass is 188 g/mol. The minimum Gasteiger partial charge on any atom is -0.179 e. The maximum absolute atomic E-state index is 4.44. The molecule has 1 heteroatoms. The Hall–Kier alpha value is 0.350. The van der Waals surface area contributed by atoms with Gasteiger partial charge in [0.1, 0.15) is 0 Å². The molecule has 0 saturated carbocycles. The average Bonchev–Trinajstić information content (AvgIpc) is 1.86. The van der Waals surface area contributed by atoms with Crippen LogP contribution in [0.2, 0.25) is 0 Å². The van der Waals surface area contributed by atoms with E-state index in [4.69, 9.17) is 0 Å². The summed E-state index contributed by atoms with van der Waals surface area (Å²) in [5, 5.41) is 0. The van der Waals surface area contributed by atoms with Gasteiger partial charge in [-0.1, -0.05) is 41.5 Å². The molecular formula is C11H24S. The molecule has 1 unspecified atom stereocenters. The van der Waals surface area contributed by atoms with E-state index in [0.717, 1.165) is 23.5 Å². The van der Waals surface area contributed by atoms with E-state index in [1.54, 1.807) is 0 Å². The SMILES string of the molecule is CC(C)C(CS)C(C)(C)C(C)C. The van der Waals surface area contributed by atoms with Gasteiger partial charge in [-0.15, -0.1) is 0 Å². The van der Waals surface area contributed by atoms with Crippen molar-refractivity contribution in [3.8, 4) is 0 Å². The zero-order valence-corrected chi connectivity index (χ0v) is 10.3. The van der Waals surface area contributed by atoms with E-state index in [2.05, 4.69) is 54.2 Å². The summed E-state index contributed by atoms with van der Waals surface area (Å²) in [6.07, 6.45) is 0. The zero-order valence-electron chi connectivity index (χ0n) is 9.39. The lowest BCUT2D eigenvalue weighted by Gasteiger charge is -2.39. The summed E-state index contributed by atoms with van der Waals surface area (Å²) >= 11 is 4.44. The number of rotatable bonds is 4. The van der Waals surface area contributed by atoms with Crippen LogP contribution in [0, 0.1) is 23.2 Å². The minimum atomic E-state index is 0.413. The summed E-state index contributed by atoms with van der Waals surface area (Å²) in [5.41, 5.74) is 0.413. The summed E-state index contributed by atoms with van der Waals surface area (Å²) in [5.74, 6) is 3.20. The van der Waals surface area contributed by atoms with Crippen LogP contribution >= 0.6 is 12.6 Å². The van der Waals surface area contributed by atoms with Gasteiger partial charge in [0, 0.05) is 0 Å². The van der Waals surface area contributed by atoms with Gasteiger partial charge in [0.15, 0.2) is 0 Å². The van der Waals surface area contributed by atoms with Crippen molar-refractivity contribution in [3.05, 3.63) is 0 Å². The van der Waals surface area contributed by atoms with Crippen LogP contribution in [0.4, 0.5) is 0 Å². The number of hydrogen-bond acceptors (Lipinski definition) is 1. The van der Waals surface area contributed by atoms with Gasteiger partial charge in [-0.05, 0) is 28.9 Å². The van der Waals surface area contributed by atoms with Gasteiger partial charge in [0.05, 0.1) is 0 Å². The molecule has 0 spiro atoms. The fourth-order valence-corrected chi connectivity index (χ4v) is 2.63. The van der Waals surface area contributed by atoms with Crippen LogP contribution in [0.25, 0.3) is 0 Å².